The van der Waals surface area contributed by atoms with Crippen molar-refractivity contribution in [1.82, 2.24) is 9.97 Å². The Morgan fingerprint density at radius 2 is 2.19 bits per heavy atom. The second-order valence-electron chi connectivity index (χ2n) is 2.98. The molecule has 0 aliphatic rings. The van der Waals surface area contributed by atoms with Gasteiger partial charge in [0, 0.05) is 12.3 Å². The highest BCUT2D eigenvalue weighted by atomic mass is 16.5. The highest BCUT2D eigenvalue weighted by Crippen LogP contribution is 2.18. The van der Waals surface area contributed by atoms with Crippen LogP contribution in [0.4, 0.5) is 0 Å². The van der Waals surface area contributed by atoms with Crippen molar-refractivity contribution in [2.75, 3.05) is 0 Å². The van der Waals surface area contributed by atoms with Crippen molar-refractivity contribution in [2.45, 2.75) is 0 Å². The van der Waals surface area contributed by atoms with Crippen molar-refractivity contribution in [3.8, 4) is 11.5 Å². The smallest absolute Gasteiger partial charge is 0.362 e. The number of carbonyl (C=O) groups excluding carboxylic acids is 1. The predicted molar refractivity (Wildman–Crippen MR) is 55.1 cm³/mol. The monoisotopic (exact) mass is 216 g/mol. The van der Waals surface area contributed by atoms with E-state index in [4.69, 9.17) is 4.74 Å². The zero-order chi connectivity index (χ0) is 11.4. The minimum Gasteiger partial charge on any atom is -0.508 e. The Hall–Kier alpha value is -2.43. The summed E-state index contributed by atoms with van der Waals surface area (Å²) in [6.45, 7) is 0. The molecule has 80 valence electrons. The maximum absolute atomic E-state index is 11.5. The van der Waals surface area contributed by atoms with E-state index < -0.39 is 5.97 Å². The summed E-state index contributed by atoms with van der Waals surface area (Å²) in [6.07, 6.45) is 2.71. The number of aromatic hydroxyl groups is 1. The van der Waals surface area contributed by atoms with E-state index in [2.05, 4.69) is 9.97 Å². The minimum atomic E-state index is -0.590. The van der Waals surface area contributed by atoms with Crippen LogP contribution in [0.25, 0.3) is 0 Å². The molecule has 1 aromatic heterocycles. The first-order chi connectivity index (χ1) is 7.75. The molecule has 0 aliphatic heterocycles. The number of ether oxygens (including phenoxy) is 1. The van der Waals surface area contributed by atoms with E-state index in [1.54, 1.807) is 12.1 Å². The number of carbonyl (C=O) groups is 1. The number of esters is 1. The van der Waals surface area contributed by atoms with E-state index >= 15 is 0 Å². The van der Waals surface area contributed by atoms with E-state index in [-0.39, 0.29) is 17.2 Å². The van der Waals surface area contributed by atoms with Crippen molar-refractivity contribution in [3.63, 3.8) is 0 Å². The van der Waals surface area contributed by atoms with E-state index in [0.717, 1.165) is 0 Å². The lowest BCUT2D eigenvalue weighted by molar-refractivity contribution is 0.0728. The fourth-order valence-electron chi connectivity index (χ4n) is 1.12. The van der Waals surface area contributed by atoms with Crippen LogP contribution >= 0.6 is 0 Å². The average Bonchev–Trinajstić information content (AvgIpc) is 2.30. The zero-order valence-corrected chi connectivity index (χ0v) is 8.20. The fraction of sp³-hybridized carbons (Fsp3) is 0. The van der Waals surface area contributed by atoms with E-state index in [0.29, 0.717) is 0 Å². The van der Waals surface area contributed by atoms with Crippen LogP contribution in [0.2, 0.25) is 0 Å². The highest BCUT2D eigenvalue weighted by Gasteiger charge is 2.09. The van der Waals surface area contributed by atoms with E-state index in [1.807, 2.05) is 0 Å². The SMILES string of the molecule is O=C(Oc1cccc(O)c1)c1ccncn1. The summed E-state index contributed by atoms with van der Waals surface area (Å²) in [5.41, 5.74) is 0.165. The number of phenols is 1. The molecule has 1 N–H and O–H groups in total. The van der Waals surface area contributed by atoms with Gasteiger partial charge in [-0.25, -0.2) is 14.8 Å². The van der Waals surface area contributed by atoms with Gasteiger partial charge in [-0.15, -0.1) is 0 Å². The third-order valence-electron chi connectivity index (χ3n) is 1.82. The molecule has 1 aromatic carbocycles. The second kappa shape index (κ2) is 4.39. The summed E-state index contributed by atoms with van der Waals surface area (Å²) in [5.74, 6) is -0.287. The summed E-state index contributed by atoms with van der Waals surface area (Å²) >= 11 is 0. The lowest BCUT2D eigenvalue weighted by atomic mass is 10.3. The molecule has 0 aliphatic carbocycles. The normalized spacial score (nSPS) is 9.75. The molecular formula is C11H8N2O3. The topological polar surface area (TPSA) is 72.3 Å². The van der Waals surface area contributed by atoms with Crippen molar-refractivity contribution >= 4 is 5.97 Å². The molecule has 0 saturated carbocycles. The van der Waals surface area contributed by atoms with E-state index in [9.17, 15) is 9.90 Å². The van der Waals surface area contributed by atoms with Crippen molar-refractivity contribution in [1.29, 1.82) is 0 Å². The highest BCUT2D eigenvalue weighted by molar-refractivity contribution is 5.88. The molecule has 0 saturated heterocycles. The molecular weight excluding hydrogens is 208 g/mol. The number of nitrogens with zero attached hydrogens (tertiary/aromatic N) is 2. The van der Waals surface area contributed by atoms with Crippen LogP contribution in [0.5, 0.6) is 11.5 Å². The van der Waals surface area contributed by atoms with Crippen LogP contribution in [0.15, 0.2) is 42.9 Å². The number of rotatable bonds is 2. The molecule has 2 rings (SSSR count). The molecule has 2 aromatic rings. The van der Waals surface area contributed by atoms with Gasteiger partial charge in [0.15, 0.2) is 5.69 Å². The van der Waals surface area contributed by atoms with Gasteiger partial charge in [0.25, 0.3) is 0 Å². The largest absolute Gasteiger partial charge is 0.508 e. The molecule has 0 bridgehead atoms. The van der Waals surface area contributed by atoms with Gasteiger partial charge in [-0.05, 0) is 18.2 Å². The van der Waals surface area contributed by atoms with Gasteiger partial charge >= 0.3 is 5.97 Å². The molecule has 0 fully saturated rings. The Balaban J connectivity index is 2.14. The summed E-state index contributed by atoms with van der Waals surface area (Å²) in [4.78, 5) is 19.0. The van der Waals surface area contributed by atoms with Crippen molar-refractivity contribution in [3.05, 3.63) is 48.5 Å². The maximum Gasteiger partial charge on any atom is 0.362 e. The lowest BCUT2D eigenvalue weighted by Crippen LogP contribution is -2.10. The van der Waals surface area contributed by atoms with Gasteiger partial charge in [0.05, 0.1) is 0 Å². The third-order valence-corrected chi connectivity index (χ3v) is 1.82. The minimum absolute atomic E-state index is 0.0352. The molecule has 0 spiro atoms. The number of phenolic OH excluding ortho intramolecular Hbond substituents is 1. The average molecular weight is 216 g/mol. The molecule has 0 unspecified atom stereocenters. The molecule has 1 heterocycles. The fourth-order valence-corrected chi connectivity index (χ4v) is 1.12. The quantitative estimate of drug-likeness (QED) is 0.606. The molecule has 16 heavy (non-hydrogen) atoms. The Morgan fingerprint density at radius 3 is 2.88 bits per heavy atom. The molecule has 0 atom stereocenters. The van der Waals surface area contributed by atoms with Crippen LogP contribution in [0.1, 0.15) is 10.5 Å². The number of hydrogen-bond acceptors (Lipinski definition) is 5. The van der Waals surface area contributed by atoms with Gasteiger partial charge in [0.2, 0.25) is 0 Å². The van der Waals surface area contributed by atoms with Crippen molar-refractivity contribution < 1.29 is 14.6 Å². The molecule has 0 radical (unpaired) electrons. The zero-order valence-electron chi connectivity index (χ0n) is 8.20. The van der Waals surface area contributed by atoms with Crippen LogP contribution in [-0.2, 0) is 0 Å². The first-order valence-electron chi connectivity index (χ1n) is 4.53. The summed E-state index contributed by atoms with van der Waals surface area (Å²) in [7, 11) is 0. The molecule has 5 heteroatoms. The summed E-state index contributed by atoms with van der Waals surface area (Å²) in [5, 5.41) is 9.18. The van der Waals surface area contributed by atoms with Crippen LogP contribution in [0, 0.1) is 0 Å². The number of benzene rings is 1. The standard InChI is InChI=1S/C11H8N2O3/c14-8-2-1-3-9(6-8)16-11(15)10-4-5-12-7-13-10/h1-7,14H. The molecule has 5 nitrogen and oxygen atoms in total. The van der Waals surface area contributed by atoms with Gasteiger partial charge in [-0.2, -0.15) is 0 Å². The van der Waals surface area contributed by atoms with Crippen molar-refractivity contribution in [2.24, 2.45) is 0 Å². The van der Waals surface area contributed by atoms with Crippen LogP contribution in [-0.4, -0.2) is 21.0 Å². The maximum atomic E-state index is 11.5. The summed E-state index contributed by atoms with van der Waals surface area (Å²) in [6, 6.07) is 7.43. The first kappa shape index (κ1) is 10.1. The van der Waals surface area contributed by atoms with Crippen LogP contribution < -0.4 is 4.74 Å². The second-order valence-corrected chi connectivity index (χ2v) is 2.98. The van der Waals surface area contributed by atoms with Gasteiger partial charge < -0.3 is 9.84 Å². The van der Waals surface area contributed by atoms with E-state index in [1.165, 1.54) is 30.7 Å². The number of hydrogen-bond donors (Lipinski definition) is 1. The third kappa shape index (κ3) is 2.33. The summed E-state index contributed by atoms with van der Waals surface area (Å²) < 4.78 is 4.99. The number of aromatic nitrogens is 2. The molecule has 0 amide bonds. The Kier molecular flexibility index (Phi) is 2.77. The Bertz CT molecular complexity index is 500. The Labute approximate surface area is 91.4 Å². The first-order valence-corrected chi connectivity index (χ1v) is 4.53. The van der Waals surface area contributed by atoms with Gasteiger partial charge in [-0.1, -0.05) is 6.07 Å². The predicted octanol–water partition coefficient (Wildman–Crippen LogP) is 1.40. The lowest BCUT2D eigenvalue weighted by Gasteiger charge is -2.03. The van der Waals surface area contributed by atoms with Crippen LogP contribution in [0.3, 0.4) is 0 Å². The van der Waals surface area contributed by atoms with Gasteiger partial charge in [0.1, 0.15) is 17.8 Å². The van der Waals surface area contributed by atoms with Gasteiger partial charge in [-0.3, -0.25) is 0 Å². The Morgan fingerprint density at radius 1 is 1.31 bits per heavy atom.